The van der Waals surface area contributed by atoms with Gasteiger partial charge in [0.05, 0.1) is 0 Å². The highest BCUT2D eigenvalue weighted by Crippen LogP contribution is 2.17. The van der Waals surface area contributed by atoms with E-state index in [1.54, 1.807) is 0 Å². The Hall–Kier alpha value is -0.0800. The van der Waals surface area contributed by atoms with Gasteiger partial charge in [-0.3, -0.25) is 0 Å². The van der Waals surface area contributed by atoms with Gasteiger partial charge < -0.3 is 10.2 Å². The van der Waals surface area contributed by atoms with E-state index in [0.29, 0.717) is 0 Å². The topological polar surface area (TPSA) is 15.3 Å². The lowest BCUT2D eigenvalue weighted by atomic mass is 9.93. The third-order valence-electron chi connectivity index (χ3n) is 3.41. The Labute approximate surface area is 89.1 Å². The first-order chi connectivity index (χ1) is 6.61. The smallest absolute Gasteiger partial charge is 0.0243 e. The fraction of sp³-hybridized carbons (Fsp3) is 1.00. The lowest BCUT2D eigenvalue weighted by Gasteiger charge is -2.37. The van der Waals surface area contributed by atoms with Crippen LogP contribution in [0.25, 0.3) is 0 Å². The Bertz CT molecular complexity index is 156. The summed E-state index contributed by atoms with van der Waals surface area (Å²) in [7, 11) is 2.27. The van der Waals surface area contributed by atoms with Gasteiger partial charge in [0.15, 0.2) is 0 Å². The molecule has 0 aromatic heterocycles. The molecule has 0 amide bonds. The van der Waals surface area contributed by atoms with Crippen LogP contribution in [0.4, 0.5) is 0 Å². The van der Waals surface area contributed by atoms with Gasteiger partial charge in [0, 0.05) is 12.6 Å². The Morgan fingerprint density at radius 1 is 1.43 bits per heavy atom. The van der Waals surface area contributed by atoms with E-state index in [4.69, 9.17) is 0 Å². The molecule has 2 heteroatoms. The zero-order valence-corrected chi connectivity index (χ0v) is 10.2. The maximum Gasteiger partial charge on any atom is 0.0243 e. The fourth-order valence-electron chi connectivity index (χ4n) is 2.19. The zero-order chi connectivity index (χ0) is 10.6. The third-order valence-corrected chi connectivity index (χ3v) is 3.41. The number of hydrogen-bond donors (Lipinski definition) is 1. The summed E-state index contributed by atoms with van der Waals surface area (Å²) in [4.78, 5) is 2.54. The molecule has 0 spiro atoms. The molecule has 1 aliphatic heterocycles. The van der Waals surface area contributed by atoms with E-state index in [-0.39, 0.29) is 0 Å². The summed E-state index contributed by atoms with van der Waals surface area (Å²) in [5, 5.41) is 3.49. The molecule has 1 rings (SSSR count). The Morgan fingerprint density at radius 2 is 2.14 bits per heavy atom. The molecular weight excluding hydrogens is 172 g/mol. The van der Waals surface area contributed by atoms with Crippen molar-refractivity contribution in [3.63, 3.8) is 0 Å². The molecule has 2 atom stereocenters. The van der Waals surface area contributed by atoms with Crippen LogP contribution in [0.2, 0.25) is 0 Å². The summed E-state index contributed by atoms with van der Waals surface area (Å²) in [6.07, 6.45) is 2.65. The van der Waals surface area contributed by atoms with Gasteiger partial charge in [-0.1, -0.05) is 20.8 Å². The van der Waals surface area contributed by atoms with E-state index in [0.717, 1.165) is 17.9 Å². The van der Waals surface area contributed by atoms with Crippen LogP contribution in [-0.4, -0.2) is 37.6 Å². The average Bonchev–Trinajstić information content (AvgIpc) is 2.15. The molecule has 0 aliphatic carbocycles. The molecule has 1 fully saturated rings. The molecule has 2 nitrogen and oxygen atoms in total. The number of likely N-dealkylation sites (N-methyl/N-ethyl adjacent to an activating group) is 1. The van der Waals surface area contributed by atoms with Crippen molar-refractivity contribution < 1.29 is 0 Å². The van der Waals surface area contributed by atoms with Gasteiger partial charge in [-0.15, -0.1) is 0 Å². The summed E-state index contributed by atoms with van der Waals surface area (Å²) in [5.74, 6) is 1.68. The second-order valence-electron chi connectivity index (χ2n) is 5.20. The van der Waals surface area contributed by atoms with Crippen molar-refractivity contribution in [3.05, 3.63) is 0 Å². The van der Waals surface area contributed by atoms with Crippen molar-refractivity contribution in [2.24, 2.45) is 11.8 Å². The van der Waals surface area contributed by atoms with Crippen molar-refractivity contribution in [1.29, 1.82) is 0 Å². The molecule has 0 bridgehead atoms. The predicted molar refractivity (Wildman–Crippen MR) is 62.5 cm³/mol. The van der Waals surface area contributed by atoms with Crippen molar-refractivity contribution in [3.8, 4) is 0 Å². The van der Waals surface area contributed by atoms with Gasteiger partial charge in [-0.05, 0) is 44.8 Å². The highest BCUT2D eigenvalue weighted by molar-refractivity contribution is 4.81. The highest BCUT2D eigenvalue weighted by Gasteiger charge is 2.24. The molecule has 1 N–H and O–H groups in total. The van der Waals surface area contributed by atoms with Gasteiger partial charge in [0.2, 0.25) is 0 Å². The Morgan fingerprint density at radius 3 is 2.71 bits per heavy atom. The normalized spacial score (nSPS) is 28.7. The summed E-state index contributed by atoms with van der Waals surface area (Å²) in [6.45, 7) is 10.6. The maximum absolute atomic E-state index is 3.49. The van der Waals surface area contributed by atoms with Gasteiger partial charge in [0.25, 0.3) is 0 Å². The molecule has 0 radical (unpaired) electrons. The number of rotatable bonds is 4. The highest BCUT2D eigenvalue weighted by atomic mass is 15.2. The van der Waals surface area contributed by atoms with Crippen LogP contribution < -0.4 is 5.32 Å². The molecule has 1 saturated heterocycles. The van der Waals surface area contributed by atoms with Crippen LogP contribution in [0.15, 0.2) is 0 Å². The molecular formula is C12H26N2. The third kappa shape index (κ3) is 3.58. The Balaban J connectivity index is 2.30. The van der Waals surface area contributed by atoms with E-state index in [1.165, 1.54) is 32.5 Å². The van der Waals surface area contributed by atoms with Gasteiger partial charge in [-0.2, -0.15) is 0 Å². The Kier molecular flexibility index (Phi) is 4.90. The summed E-state index contributed by atoms with van der Waals surface area (Å²) >= 11 is 0. The molecule has 0 aromatic rings. The minimum atomic E-state index is 0.752. The van der Waals surface area contributed by atoms with Crippen LogP contribution >= 0.6 is 0 Å². The average molecular weight is 198 g/mol. The number of hydrogen-bond acceptors (Lipinski definition) is 2. The van der Waals surface area contributed by atoms with Gasteiger partial charge >= 0.3 is 0 Å². The lowest BCUT2D eigenvalue weighted by molar-refractivity contribution is 0.145. The first-order valence-corrected chi connectivity index (χ1v) is 6.02. The van der Waals surface area contributed by atoms with E-state index >= 15 is 0 Å². The van der Waals surface area contributed by atoms with Crippen LogP contribution in [-0.2, 0) is 0 Å². The van der Waals surface area contributed by atoms with Crippen molar-refractivity contribution in [2.75, 3.05) is 26.7 Å². The first-order valence-electron chi connectivity index (χ1n) is 6.02. The maximum atomic E-state index is 3.49. The molecule has 14 heavy (non-hydrogen) atoms. The fourth-order valence-corrected chi connectivity index (χ4v) is 2.19. The first kappa shape index (κ1) is 12.0. The van der Waals surface area contributed by atoms with Crippen molar-refractivity contribution in [1.82, 2.24) is 10.2 Å². The van der Waals surface area contributed by atoms with Crippen LogP contribution in [0.5, 0.6) is 0 Å². The lowest BCUT2D eigenvalue weighted by Crippen LogP contribution is -2.49. The van der Waals surface area contributed by atoms with E-state index < -0.39 is 0 Å². The van der Waals surface area contributed by atoms with Crippen LogP contribution in [0, 0.1) is 11.8 Å². The second kappa shape index (κ2) is 5.72. The monoisotopic (exact) mass is 198 g/mol. The van der Waals surface area contributed by atoms with Crippen molar-refractivity contribution in [2.45, 2.75) is 39.7 Å². The van der Waals surface area contributed by atoms with Crippen LogP contribution in [0.3, 0.4) is 0 Å². The summed E-state index contributed by atoms with van der Waals surface area (Å²) in [5.41, 5.74) is 0. The molecule has 0 saturated carbocycles. The van der Waals surface area contributed by atoms with Crippen LogP contribution in [0.1, 0.15) is 33.6 Å². The zero-order valence-electron chi connectivity index (χ0n) is 10.2. The minimum absolute atomic E-state index is 0.752. The second-order valence-corrected chi connectivity index (χ2v) is 5.20. The SMILES string of the molecule is CC(C)CCN(C)C1CNCCC1C. The summed E-state index contributed by atoms with van der Waals surface area (Å²) < 4.78 is 0. The van der Waals surface area contributed by atoms with Gasteiger partial charge in [-0.25, -0.2) is 0 Å². The molecule has 84 valence electrons. The van der Waals surface area contributed by atoms with E-state index in [1.807, 2.05) is 0 Å². The molecule has 1 heterocycles. The number of nitrogens with one attached hydrogen (secondary N) is 1. The quantitative estimate of drug-likeness (QED) is 0.743. The number of nitrogens with zero attached hydrogens (tertiary/aromatic N) is 1. The predicted octanol–water partition coefficient (Wildman–Crippen LogP) is 1.96. The minimum Gasteiger partial charge on any atom is -0.315 e. The standard InChI is InChI=1S/C12H26N2/c1-10(2)6-8-14(4)12-9-13-7-5-11(12)3/h10-13H,5-9H2,1-4H3. The van der Waals surface area contributed by atoms with Crippen molar-refractivity contribution >= 4 is 0 Å². The molecule has 0 aromatic carbocycles. The van der Waals surface area contributed by atoms with E-state index in [2.05, 4.69) is 38.0 Å². The molecule has 1 aliphatic rings. The molecule has 2 unspecified atom stereocenters. The van der Waals surface area contributed by atoms with E-state index in [9.17, 15) is 0 Å². The number of piperidine rings is 1. The summed E-state index contributed by atoms with van der Waals surface area (Å²) in [6, 6.07) is 0.752. The largest absolute Gasteiger partial charge is 0.315 e. The van der Waals surface area contributed by atoms with Gasteiger partial charge in [0.1, 0.15) is 0 Å².